The van der Waals surface area contributed by atoms with Gasteiger partial charge in [0, 0.05) is 17.8 Å². The van der Waals surface area contributed by atoms with Gasteiger partial charge >= 0.3 is 5.97 Å². The number of amides is 1. The zero-order valence-electron chi connectivity index (χ0n) is 12.1. The van der Waals surface area contributed by atoms with Crippen LogP contribution < -0.4 is 4.90 Å². The van der Waals surface area contributed by atoms with Crippen LogP contribution in [-0.2, 0) is 4.74 Å². The molecule has 0 fully saturated rings. The summed E-state index contributed by atoms with van der Waals surface area (Å²) in [6, 6.07) is 16.0. The third-order valence-electron chi connectivity index (χ3n) is 3.18. The summed E-state index contributed by atoms with van der Waals surface area (Å²) in [5, 5.41) is 0. The average molecular weight is 283 g/mol. The Morgan fingerprint density at radius 1 is 0.952 bits per heavy atom. The van der Waals surface area contributed by atoms with Crippen molar-refractivity contribution >= 4 is 17.6 Å². The third-order valence-corrected chi connectivity index (χ3v) is 3.18. The molecule has 2 aromatic rings. The number of hydrogen-bond donors (Lipinski definition) is 0. The zero-order valence-corrected chi connectivity index (χ0v) is 12.1. The van der Waals surface area contributed by atoms with E-state index in [1.165, 1.54) is 7.11 Å². The second-order valence-corrected chi connectivity index (χ2v) is 4.45. The largest absolute Gasteiger partial charge is 0.465 e. The van der Waals surface area contributed by atoms with Gasteiger partial charge in [-0.15, -0.1) is 0 Å². The molecule has 1 amide bonds. The Bertz CT molecular complexity index is 620. The van der Waals surface area contributed by atoms with Crippen LogP contribution in [0.2, 0.25) is 0 Å². The predicted molar refractivity (Wildman–Crippen MR) is 81.6 cm³/mol. The number of anilines is 1. The smallest absolute Gasteiger partial charge is 0.337 e. The van der Waals surface area contributed by atoms with Crippen LogP contribution in [0.3, 0.4) is 0 Å². The van der Waals surface area contributed by atoms with Crippen LogP contribution in [0.5, 0.6) is 0 Å². The predicted octanol–water partition coefficient (Wildman–Crippen LogP) is 3.14. The summed E-state index contributed by atoms with van der Waals surface area (Å²) in [5.41, 5.74) is 1.81. The summed E-state index contributed by atoms with van der Waals surface area (Å²) in [6.07, 6.45) is 0. The van der Waals surface area contributed by atoms with Gasteiger partial charge < -0.3 is 9.64 Å². The second-order valence-electron chi connectivity index (χ2n) is 4.45. The molecule has 0 radical (unpaired) electrons. The van der Waals surface area contributed by atoms with Gasteiger partial charge in [-0.1, -0.05) is 18.2 Å². The van der Waals surface area contributed by atoms with E-state index in [2.05, 4.69) is 4.74 Å². The molecular weight excluding hydrogens is 266 g/mol. The van der Waals surface area contributed by atoms with Crippen molar-refractivity contribution in [1.82, 2.24) is 0 Å². The number of benzene rings is 2. The van der Waals surface area contributed by atoms with Gasteiger partial charge in [0.05, 0.1) is 12.7 Å². The molecule has 0 aromatic heterocycles. The first kappa shape index (κ1) is 14.8. The molecule has 0 bridgehead atoms. The summed E-state index contributed by atoms with van der Waals surface area (Å²) >= 11 is 0. The lowest BCUT2D eigenvalue weighted by Gasteiger charge is -2.21. The number of hydrogen-bond acceptors (Lipinski definition) is 3. The van der Waals surface area contributed by atoms with E-state index in [0.717, 1.165) is 5.69 Å². The number of ether oxygens (including phenoxy) is 1. The number of carbonyl (C=O) groups excluding carboxylic acids is 2. The van der Waals surface area contributed by atoms with Crippen LogP contribution in [0.4, 0.5) is 5.69 Å². The summed E-state index contributed by atoms with van der Waals surface area (Å²) in [4.78, 5) is 25.6. The molecule has 4 heteroatoms. The monoisotopic (exact) mass is 283 g/mol. The molecule has 2 rings (SSSR count). The molecule has 0 aliphatic rings. The van der Waals surface area contributed by atoms with Gasteiger partial charge in [-0.05, 0) is 43.3 Å². The van der Waals surface area contributed by atoms with Crippen molar-refractivity contribution in [3.8, 4) is 0 Å². The van der Waals surface area contributed by atoms with E-state index in [-0.39, 0.29) is 5.91 Å². The van der Waals surface area contributed by atoms with Gasteiger partial charge in [-0.25, -0.2) is 4.79 Å². The van der Waals surface area contributed by atoms with Crippen molar-refractivity contribution in [2.75, 3.05) is 18.6 Å². The van der Waals surface area contributed by atoms with Gasteiger partial charge in [0.15, 0.2) is 0 Å². The fourth-order valence-electron chi connectivity index (χ4n) is 2.07. The molecule has 4 nitrogen and oxygen atoms in total. The maximum Gasteiger partial charge on any atom is 0.337 e. The Kier molecular flexibility index (Phi) is 4.72. The molecule has 108 valence electrons. The molecule has 0 heterocycles. The van der Waals surface area contributed by atoms with E-state index in [1.54, 1.807) is 29.2 Å². The van der Waals surface area contributed by atoms with Crippen LogP contribution in [0.15, 0.2) is 54.6 Å². The zero-order chi connectivity index (χ0) is 15.2. The fraction of sp³-hybridized carbons (Fsp3) is 0.176. The highest BCUT2D eigenvalue weighted by molar-refractivity contribution is 6.06. The van der Waals surface area contributed by atoms with E-state index < -0.39 is 5.97 Å². The number of rotatable bonds is 4. The van der Waals surface area contributed by atoms with Gasteiger partial charge in [-0.2, -0.15) is 0 Å². The molecular formula is C17H17NO3. The molecule has 0 saturated carbocycles. The lowest BCUT2D eigenvalue weighted by molar-refractivity contribution is 0.0600. The number of esters is 1. The topological polar surface area (TPSA) is 46.6 Å². The van der Waals surface area contributed by atoms with Gasteiger partial charge in [0.1, 0.15) is 0 Å². The first-order valence-electron chi connectivity index (χ1n) is 6.72. The first-order valence-corrected chi connectivity index (χ1v) is 6.72. The quantitative estimate of drug-likeness (QED) is 0.810. The van der Waals surface area contributed by atoms with Crippen LogP contribution >= 0.6 is 0 Å². The highest BCUT2D eigenvalue weighted by atomic mass is 16.5. The lowest BCUT2D eigenvalue weighted by Crippen LogP contribution is -2.30. The molecule has 0 N–H and O–H groups in total. The SMILES string of the molecule is CCN(C(=O)c1ccc(C(=O)OC)cc1)c1ccccc1. The summed E-state index contributed by atoms with van der Waals surface area (Å²) in [6.45, 7) is 2.50. The molecule has 21 heavy (non-hydrogen) atoms. The Balaban J connectivity index is 2.24. The minimum absolute atomic E-state index is 0.0971. The normalized spacial score (nSPS) is 10.0. The molecule has 0 spiro atoms. The summed E-state index contributed by atoms with van der Waals surface area (Å²) < 4.78 is 4.64. The Hall–Kier alpha value is -2.62. The number of nitrogens with zero attached hydrogens (tertiary/aromatic N) is 1. The standard InChI is InChI=1S/C17H17NO3/c1-3-18(15-7-5-4-6-8-15)16(19)13-9-11-14(12-10-13)17(20)21-2/h4-12H,3H2,1-2H3. The van der Waals surface area contributed by atoms with Crippen molar-refractivity contribution in [1.29, 1.82) is 0 Å². The van der Waals surface area contributed by atoms with Gasteiger partial charge in [-0.3, -0.25) is 4.79 Å². The summed E-state index contributed by atoms with van der Waals surface area (Å²) in [5.74, 6) is -0.510. The molecule has 0 aliphatic heterocycles. The van der Waals surface area contributed by atoms with Gasteiger partial charge in [0.25, 0.3) is 5.91 Å². The summed E-state index contributed by atoms with van der Waals surface area (Å²) in [7, 11) is 1.33. The maximum atomic E-state index is 12.5. The van der Waals surface area contributed by atoms with Crippen molar-refractivity contribution in [3.05, 3.63) is 65.7 Å². The van der Waals surface area contributed by atoms with Crippen LogP contribution in [0, 0.1) is 0 Å². The number of carbonyl (C=O) groups is 2. The van der Waals surface area contributed by atoms with E-state index in [4.69, 9.17) is 0 Å². The van der Waals surface area contributed by atoms with Crippen LogP contribution in [0.25, 0.3) is 0 Å². The molecule has 0 unspecified atom stereocenters. The van der Waals surface area contributed by atoms with Crippen molar-refractivity contribution in [3.63, 3.8) is 0 Å². The molecule has 0 atom stereocenters. The first-order chi connectivity index (χ1) is 10.2. The molecule has 0 saturated heterocycles. The fourth-order valence-corrected chi connectivity index (χ4v) is 2.07. The second kappa shape index (κ2) is 6.70. The van der Waals surface area contributed by atoms with Crippen LogP contribution in [-0.4, -0.2) is 25.5 Å². The highest BCUT2D eigenvalue weighted by Gasteiger charge is 2.16. The van der Waals surface area contributed by atoms with Crippen molar-refractivity contribution < 1.29 is 14.3 Å². The van der Waals surface area contributed by atoms with Crippen molar-refractivity contribution in [2.45, 2.75) is 6.92 Å². The molecule has 2 aromatic carbocycles. The third kappa shape index (κ3) is 3.28. The van der Waals surface area contributed by atoms with E-state index >= 15 is 0 Å². The van der Waals surface area contributed by atoms with Gasteiger partial charge in [0.2, 0.25) is 0 Å². The van der Waals surface area contributed by atoms with E-state index in [0.29, 0.717) is 17.7 Å². The Labute approximate surface area is 124 Å². The van der Waals surface area contributed by atoms with Crippen LogP contribution in [0.1, 0.15) is 27.6 Å². The molecule has 0 aliphatic carbocycles. The van der Waals surface area contributed by atoms with E-state index in [9.17, 15) is 9.59 Å². The van der Waals surface area contributed by atoms with Crippen molar-refractivity contribution in [2.24, 2.45) is 0 Å². The minimum Gasteiger partial charge on any atom is -0.465 e. The Morgan fingerprint density at radius 3 is 2.05 bits per heavy atom. The lowest BCUT2D eigenvalue weighted by atomic mass is 10.1. The number of para-hydroxylation sites is 1. The number of methoxy groups -OCH3 is 1. The van der Waals surface area contributed by atoms with E-state index in [1.807, 2.05) is 37.3 Å². The average Bonchev–Trinajstić information content (AvgIpc) is 2.56. The highest BCUT2D eigenvalue weighted by Crippen LogP contribution is 2.17. The Morgan fingerprint density at radius 2 is 1.52 bits per heavy atom. The maximum absolute atomic E-state index is 12.5. The minimum atomic E-state index is -0.413.